The van der Waals surface area contributed by atoms with E-state index in [0.29, 0.717) is 108 Å². The van der Waals surface area contributed by atoms with Gasteiger partial charge in [0, 0.05) is 32.2 Å². The summed E-state index contributed by atoms with van der Waals surface area (Å²) in [6, 6.07) is 3.44. The number of nitrogens with two attached hydrogens (primary N) is 5. The zero-order valence-corrected chi connectivity index (χ0v) is 64.0. The molecule has 104 heavy (non-hydrogen) atoms. The summed E-state index contributed by atoms with van der Waals surface area (Å²) in [5.74, 6) is -5.40. The lowest BCUT2D eigenvalue weighted by Crippen LogP contribution is -2.60. The number of phenolic OH excluding ortho intramolecular Hbond substituents is 2. The largest absolute Gasteiger partial charge is 0.508 e. The van der Waals surface area contributed by atoms with Gasteiger partial charge in [-0.05, 0) is 171 Å². The summed E-state index contributed by atoms with van der Waals surface area (Å²) < 4.78 is 0. The number of amides is 9. The van der Waals surface area contributed by atoms with Crippen molar-refractivity contribution >= 4 is 53.2 Å². The number of nitrogens with one attached hydrogen (secondary N) is 8. The molecule has 0 saturated carbocycles. The predicted octanol–water partition coefficient (Wildman–Crippen LogP) is 9.53. The molecule has 9 amide bonds. The molecule has 0 saturated heterocycles. The minimum absolute atomic E-state index is 0.00335. The molecule has 0 radical (unpaired) electrons. The molecule has 0 aliphatic heterocycles. The van der Waals surface area contributed by atoms with Gasteiger partial charge >= 0.3 is 0 Å². The van der Waals surface area contributed by atoms with Gasteiger partial charge in [0.05, 0.1) is 0 Å². The minimum Gasteiger partial charge on any atom is -0.508 e. The van der Waals surface area contributed by atoms with Crippen molar-refractivity contribution in [2.75, 3.05) is 32.7 Å². The van der Waals surface area contributed by atoms with E-state index in [4.69, 9.17) is 28.7 Å². The first-order chi connectivity index (χ1) is 50.4. The van der Waals surface area contributed by atoms with E-state index in [-0.39, 0.29) is 87.8 Å². The van der Waals surface area contributed by atoms with Crippen molar-refractivity contribution in [1.82, 2.24) is 42.5 Å². The van der Waals surface area contributed by atoms with Gasteiger partial charge in [-0.2, -0.15) is 0 Å². The zero-order valence-electron chi connectivity index (χ0n) is 64.0. The third-order valence-corrected chi connectivity index (χ3v) is 19.3. The van der Waals surface area contributed by atoms with Gasteiger partial charge < -0.3 is 81.4 Å². The molecule has 2 aromatic rings. The van der Waals surface area contributed by atoms with E-state index in [2.05, 4.69) is 56.4 Å². The predicted molar refractivity (Wildman–Crippen MR) is 415 cm³/mol. The summed E-state index contributed by atoms with van der Waals surface area (Å²) >= 11 is 0. The Morgan fingerprint density at radius 3 is 0.856 bits per heavy atom. The van der Waals surface area contributed by atoms with Gasteiger partial charge in [0.25, 0.3) is 0 Å². The molecule has 24 heteroatoms. The van der Waals surface area contributed by atoms with Crippen molar-refractivity contribution in [3.05, 3.63) is 59.7 Å². The molecule has 0 unspecified atom stereocenters. The van der Waals surface area contributed by atoms with Crippen LogP contribution in [0.2, 0.25) is 0 Å². The second-order valence-corrected chi connectivity index (χ2v) is 28.6. The van der Waals surface area contributed by atoms with E-state index in [1.165, 1.54) is 146 Å². The third-order valence-electron chi connectivity index (χ3n) is 19.3. The topological polar surface area (TPSA) is 420 Å². The molecule has 0 heterocycles. The maximum atomic E-state index is 14.7. The Bertz CT molecular complexity index is 2640. The molecule has 0 aromatic heterocycles. The van der Waals surface area contributed by atoms with E-state index < -0.39 is 83.6 Å². The Hall–Kier alpha value is -6.89. The Balaban J connectivity index is 2.34. The van der Waals surface area contributed by atoms with Crippen LogP contribution in [0.5, 0.6) is 11.5 Å². The fourth-order valence-corrected chi connectivity index (χ4v) is 12.8. The summed E-state index contributed by atoms with van der Waals surface area (Å²) in [6.45, 7) is 6.04. The second kappa shape index (κ2) is 61.3. The van der Waals surface area contributed by atoms with Crippen LogP contribution in [-0.4, -0.2) is 138 Å². The van der Waals surface area contributed by atoms with Crippen molar-refractivity contribution < 1.29 is 53.4 Å². The number of aromatic hydroxyl groups is 2. The van der Waals surface area contributed by atoms with Crippen LogP contribution in [0, 0.1) is 0 Å². The highest BCUT2D eigenvalue weighted by molar-refractivity contribution is 5.97. The number of unbranched alkanes of at least 4 members (excludes halogenated alkanes) is 29. The van der Waals surface area contributed by atoms with Gasteiger partial charge in [0.15, 0.2) is 0 Å². The van der Waals surface area contributed by atoms with Gasteiger partial charge in [-0.3, -0.25) is 43.2 Å². The average molecular weight is 1460 g/mol. The summed E-state index contributed by atoms with van der Waals surface area (Å²) in [5, 5.41) is 42.8. The van der Waals surface area contributed by atoms with Gasteiger partial charge in [-0.15, -0.1) is 0 Å². The van der Waals surface area contributed by atoms with Crippen LogP contribution in [0.4, 0.5) is 0 Å². The third kappa shape index (κ3) is 46.1. The Morgan fingerprint density at radius 2 is 0.548 bits per heavy atom. The van der Waals surface area contributed by atoms with Crippen LogP contribution >= 0.6 is 0 Å². The normalized spacial score (nSPS) is 13.3. The summed E-state index contributed by atoms with van der Waals surface area (Å²) in [6.07, 6.45) is 36.7. The quantitative estimate of drug-likeness (QED) is 0.0274. The number of benzene rings is 2. The lowest BCUT2D eigenvalue weighted by atomic mass is 10.0. The molecule has 2 rings (SSSR count). The molecule has 20 N–H and O–H groups in total. The van der Waals surface area contributed by atoms with Crippen LogP contribution in [0.1, 0.15) is 301 Å². The maximum absolute atomic E-state index is 14.7. The highest BCUT2D eigenvalue weighted by Crippen LogP contribution is 2.19. The number of phenols is 2. The highest BCUT2D eigenvalue weighted by atomic mass is 16.3. The van der Waals surface area contributed by atoms with Crippen molar-refractivity contribution in [2.24, 2.45) is 28.7 Å². The van der Waals surface area contributed by atoms with Gasteiger partial charge in [0.1, 0.15) is 53.8 Å². The average Bonchev–Trinajstić information content (AvgIpc) is 0.827. The molecule has 0 aliphatic rings. The van der Waals surface area contributed by atoms with E-state index >= 15 is 0 Å². The molecule has 7 atom stereocenters. The lowest BCUT2D eigenvalue weighted by Gasteiger charge is -2.28. The molecular weight excluding hydrogens is 1320 g/mol. The fourth-order valence-electron chi connectivity index (χ4n) is 12.8. The summed E-state index contributed by atoms with van der Waals surface area (Å²) in [7, 11) is 0. The van der Waals surface area contributed by atoms with E-state index in [0.717, 1.165) is 38.5 Å². The number of carbonyl (C=O) groups excluding carboxylic acids is 9. The monoisotopic (exact) mass is 1460 g/mol. The molecular formula is C80H141N13O11. The summed E-state index contributed by atoms with van der Waals surface area (Å²) in [4.78, 5) is 127. The number of rotatable bonds is 67. The van der Waals surface area contributed by atoms with Crippen molar-refractivity contribution in [2.45, 2.75) is 345 Å². The maximum Gasteiger partial charge on any atom is 0.243 e. The van der Waals surface area contributed by atoms with Gasteiger partial charge in [-0.25, -0.2) is 0 Å². The molecule has 592 valence electrons. The molecule has 24 nitrogen and oxygen atoms in total. The van der Waals surface area contributed by atoms with Crippen molar-refractivity contribution in [1.29, 1.82) is 0 Å². The first kappa shape index (κ1) is 93.2. The molecule has 0 spiro atoms. The highest BCUT2D eigenvalue weighted by Gasteiger charge is 2.34. The molecule has 2 aromatic carbocycles. The van der Waals surface area contributed by atoms with E-state index in [9.17, 15) is 53.4 Å². The molecule has 0 fully saturated rings. The standard InChI is InChI=1S/C80H141N13O11/c1-3-5-7-9-11-13-15-17-19-21-23-25-27-44-72(96)86-58-38-33-43-65(87-73(97)45-28-26-24-22-20-18-16-14-12-10-8-6-4-2)75(99)88-66(39-29-34-54-81)76(100)89-67(40-30-35-55-82)77(101)90-68(41-31-36-56-83)78(102)91-69(42-32-37-57-84)79(103)93-71(60-62-48-52-64(95)53-49-62)80(104)92-70(74(85)98)59-61-46-50-63(94)51-47-61/h46-53,65-71,94-95H,3-45,54-60,81-84H2,1-2H3,(H2,85,98)(H,86,96)(H,87,97)(H,88,99)(H,89,100)(H,90,101)(H,91,102)(H,92,104)(H,93,103)/t65-,66-,67-,68-,69-,70-,71-/m0/s1. The smallest absolute Gasteiger partial charge is 0.243 e. The van der Waals surface area contributed by atoms with Gasteiger partial charge in [0.2, 0.25) is 53.2 Å². The molecule has 0 bridgehead atoms. The molecule has 0 aliphatic carbocycles. The number of carbonyl (C=O) groups is 9. The Kier molecular flexibility index (Phi) is 54.9. The van der Waals surface area contributed by atoms with Crippen molar-refractivity contribution in [3.63, 3.8) is 0 Å². The lowest BCUT2D eigenvalue weighted by molar-refractivity contribution is -0.136. The minimum atomic E-state index is -1.35. The number of hydrogen-bond acceptors (Lipinski definition) is 15. The van der Waals surface area contributed by atoms with Crippen LogP contribution in [0.25, 0.3) is 0 Å². The van der Waals surface area contributed by atoms with Crippen LogP contribution < -0.4 is 71.2 Å². The first-order valence-corrected chi connectivity index (χ1v) is 40.4. The number of hydrogen-bond donors (Lipinski definition) is 15. The second-order valence-electron chi connectivity index (χ2n) is 28.6. The SMILES string of the molecule is CCCCCCCCCCCCCCCC(=O)NCCCC[C@H](NC(=O)CCCCCCCCCCCCCCC)C(=O)N[C@@H](CCCCN)C(=O)N[C@@H](CCCCN)C(=O)N[C@@H](CCCCN)C(=O)N[C@@H](CCCCN)C(=O)N[C@@H](Cc1ccc(O)cc1)C(=O)N[C@@H](Cc1ccc(O)cc1)C(N)=O. The van der Waals surface area contributed by atoms with Gasteiger partial charge in [-0.1, -0.05) is 192 Å². The van der Waals surface area contributed by atoms with Crippen molar-refractivity contribution in [3.8, 4) is 11.5 Å². The van der Waals surface area contributed by atoms with Crippen LogP contribution in [-0.2, 0) is 56.0 Å². The Labute approximate surface area is 623 Å². The first-order valence-electron chi connectivity index (χ1n) is 40.4. The Morgan fingerprint density at radius 1 is 0.298 bits per heavy atom. The zero-order chi connectivity index (χ0) is 76.2. The number of primary amides is 1. The van der Waals surface area contributed by atoms with Crippen LogP contribution in [0.15, 0.2) is 48.5 Å². The fraction of sp³-hybridized carbons (Fsp3) is 0.738. The van der Waals surface area contributed by atoms with E-state index in [1.54, 1.807) is 24.3 Å². The van der Waals surface area contributed by atoms with E-state index in [1.807, 2.05) is 0 Å². The van der Waals surface area contributed by atoms with Crippen LogP contribution in [0.3, 0.4) is 0 Å². The summed E-state index contributed by atoms with van der Waals surface area (Å²) in [5.41, 5.74) is 30.5.